The number of carbonyl (C=O) groups excluding carboxylic acids is 1. The summed E-state index contributed by atoms with van der Waals surface area (Å²) in [4.78, 5) is 14.2. The molecule has 1 saturated heterocycles. The van der Waals surface area contributed by atoms with Gasteiger partial charge in [0.15, 0.2) is 5.78 Å². The number of ketones is 1. The SMILES string of the molecule is N#Cc1c(NCC(=O)c2cccc(S(=O)(=O)N3CCCCCC3)c2)sc2c1CCCC2. The van der Waals surface area contributed by atoms with E-state index >= 15 is 0 Å². The van der Waals surface area contributed by atoms with Crippen LogP contribution in [0.2, 0.25) is 0 Å². The number of sulfonamides is 1. The molecule has 2 aliphatic rings. The van der Waals surface area contributed by atoms with Gasteiger partial charge in [-0.2, -0.15) is 9.57 Å². The van der Waals surface area contributed by atoms with Crippen LogP contribution < -0.4 is 5.32 Å². The van der Waals surface area contributed by atoms with Gasteiger partial charge in [0.1, 0.15) is 11.1 Å². The molecule has 0 bridgehead atoms. The zero-order valence-corrected chi connectivity index (χ0v) is 19.2. The minimum atomic E-state index is -3.60. The Morgan fingerprint density at radius 1 is 1.10 bits per heavy atom. The Bertz CT molecular complexity index is 1110. The van der Waals surface area contributed by atoms with E-state index in [1.165, 1.54) is 15.2 Å². The topological polar surface area (TPSA) is 90.3 Å². The molecule has 164 valence electrons. The maximum absolute atomic E-state index is 13.1. The Labute approximate surface area is 187 Å². The van der Waals surface area contributed by atoms with Crippen molar-refractivity contribution in [2.75, 3.05) is 25.0 Å². The number of benzene rings is 1. The Morgan fingerprint density at radius 3 is 2.58 bits per heavy atom. The summed E-state index contributed by atoms with van der Waals surface area (Å²) in [6, 6.07) is 8.61. The molecule has 0 amide bonds. The second kappa shape index (κ2) is 9.51. The van der Waals surface area contributed by atoms with E-state index in [-0.39, 0.29) is 17.2 Å². The predicted octanol–water partition coefficient (Wildman–Crippen LogP) is 4.36. The van der Waals surface area contributed by atoms with Gasteiger partial charge in [0.05, 0.1) is 17.0 Å². The minimum absolute atomic E-state index is 0.0291. The number of Topliss-reactive ketones (excluding diaryl/α,β-unsaturated/α-hetero) is 1. The molecule has 2 heterocycles. The van der Waals surface area contributed by atoms with Crippen molar-refractivity contribution < 1.29 is 13.2 Å². The average molecular weight is 458 g/mol. The number of nitriles is 1. The first kappa shape index (κ1) is 22.0. The first-order valence-electron chi connectivity index (χ1n) is 10.9. The summed E-state index contributed by atoms with van der Waals surface area (Å²) in [7, 11) is -3.60. The van der Waals surface area contributed by atoms with E-state index in [0.29, 0.717) is 24.2 Å². The Hall–Kier alpha value is -2.21. The number of aryl methyl sites for hydroxylation is 1. The van der Waals surface area contributed by atoms with Crippen molar-refractivity contribution in [3.05, 3.63) is 45.8 Å². The van der Waals surface area contributed by atoms with Crippen LogP contribution in [0, 0.1) is 11.3 Å². The van der Waals surface area contributed by atoms with Crippen LogP contribution in [0.1, 0.15) is 64.9 Å². The Balaban J connectivity index is 1.49. The lowest BCUT2D eigenvalue weighted by Gasteiger charge is -2.20. The first-order chi connectivity index (χ1) is 15.0. The second-order valence-electron chi connectivity index (χ2n) is 8.15. The molecule has 6 nitrogen and oxygen atoms in total. The van der Waals surface area contributed by atoms with Crippen LogP contribution in [0.25, 0.3) is 0 Å². The predicted molar refractivity (Wildman–Crippen MR) is 122 cm³/mol. The maximum atomic E-state index is 13.1. The summed E-state index contributed by atoms with van der Waals surface area (Å²) < 4.78 is 27.6. The van der Waals surface area contributed by atoms with E-state index in [0.717, 1.165) is 61.9 Å². The third-order valence-electron chi connectivity index (χ3n) is 6.05. The first-order valence-corrected chi connectivity index (χ1v) is 13.2. The van der Waals surface area contributed by atoms with Crippen LogP contribution >= 0.6 is 11.3 Å². The molecule has 8 heteroatoms. The normalized spacial score (nSPS) is 17.4. The van der Waals surface area contributed by atoms with E-state index < -0.39 is 10.0 Å². The third kappa shape index (κ3) is 4.69. The molecule has 0 saturated carbocycles. The number of hydrogen-bond donors (Lipinski definition) is 1. The summed E-state index contributed by atoms with van der Waals surface area (Å²) >= 11 is 1.56. The van der Waals surface area contributed by atoms with Gasteiger partial charge in [-0.05, 0) is 56.2 Å². The number of hydrogen-bond acceptors (Lipinski definition) is 6. The van der Waals surface area contributed by atoms with Crippen molar-refractivity contribution in [2.24, 2.45) is 0 Å². The van der Waals surface area contributed by atoms with Crippen LogP contribution in [0.4, 0.5) is 5.00 Å². The van der Waals surface area contributed by atoms with Crippen molar-refractivity contribution in [1.29, 1.82) is 5.26 Å². The van der Waals surface area contributed by atoms with Gasteiger partial charge < -0.3 is 5.32 Å². The number of thiophene rings is 1. The molecule has 0 spiro atoms. The fourth-order valence-corrected chi connectivity index (χ4v) is 7.13. The van der Waals surface area contributed by atoms with Gasteiger partial charge in [-0.3, -0.25) is 4.79 Å². The molecule has 1 aliphatic carbocycles. The number of carbonyl (C=O) groups is 1. The number of anilines is 1. The molecule has 0 atom stereocenters. The summed E-state index contributed by atoms with van der Waals surface area (Å²) in [6.45, 7) is 1.09. The smallest absolute Gasteiger partial charge is 0.243 e. The van der Waals surface area contributed by atoms with E-state index in [1.807, 2.05) is 0 Å². The highest BCUT2D eigenvalue weighted by atomic mass is 32.2. The minimum Gasteiger partial charge on any atom is -0.368 e. The van der Waals surface area contributed by atoms with Gasteiger partial charge in [-0.25, -0.2) is 8.42 Å². The molecule has 0 radical (unpaired) electrons. The summed E-state index contributed by atoms with van der Waals surface area (Å²) in [5.41, 5.74) is 2.15. The molecular weight excluding hydrogens is 430 g/mol. The number of fused-ring (bicyclic) bond motifs is 1. The van der Waals surface area contributed by atoms with Crippen LogP contribution in [0.15, 0.2) is 29.2 Å². The Morgan fingerprint density at radius 2 is 1.84 bits per heavy atom. The largest absolute Gasteiger partial charge is 0.368 e. The highest BCUT2D eigenvalue weighted by Gasteiger charge is 2.26. The lowest BCUT2D eigenvalue weighted by Crippen LogP contribution is -2.32. The second-order valence-corrected chi connectivity index (χ2v) is 11.2. The van der Waals surface area contributed by atoms with E-state index in [4.69, 9.17) is 0 Å². The lowest BCUT2D eigenvalue weighted by atomic mass is 9.96. The summed E-state index contributed by atoms with van der Waals surface area (Å²) in [5.74, 6) is -0.192. The van der Waals surface area contributed by atoms with Gasteiger partial charge in [-0.15, -0.1) is 11.3 Å². The van der Waals surface area contributed by atoms with Crippen molar-refractivity contribution in [1.82, 2.24) is 4.31 Å². The molecule has 0 unspecified atom stereocenters. The molecular formula is C23H27N3O3S2. The highest BCUT2D eigenvalue weighted by Crippen LogP contribution is 2.37. The molecule has 1 aromatic heterocycles. The molecule has 2 aromatic rings. The van der Waals surface area contributed by atoms with Crippen molar-refractivity contribution in [3.63, 3.8) is 0 Å². The van der Waals surface area contributed by atoms with Crippen LogP contribution in [-0.2, 0) is 22.9 Å². The standard InChI is InChI=1S/C23H27N3O3S2/c24-15-20-19-10-3-4-11-22(19)30-23(20)25-16-21(27)17-8-7-9-18(14-17)31(28,29)26-12-5-1-2-6-13-26/h7-9,14,25H,1-6,10-13,16H2. The fourth-order valence-electron chi connectivity index (χ4n) is 4.33. The zero-order valence-electron chi connectivity index (χ0n) is 17.5. The van der Waals surface area contributed by atoms with Crippen LogP contribution in [-0.4, -0.2) is 38.1 Å². The van der Waals surface area contributed by atoms with Crippen LogP contribution in [0.3, 0.4) is 0 Å². The maximum Gasteiger partial charge on any atom is 0.243 e. The molecule has 1 N–H and O–H groups in total. The quantitative estimate of drug-likeness (QED) is 0.651. The average Bonchev–Trinajstić information content (AvgIpc) is 2.94. The van der Waals surface area contributed by atoms with Crippen LogP contribution in [0.5, 0.6) is 0 Å². The monoisotopic (exact) mass is 457 g/mol. The van der Waals surface area contributed by atoms with Gasteiger partial charge in [0.25, 0.3) is 0 Å². The molecule has 1 aliphatic heterocycles. The highest BCUT2D eigenvalue weighted by molar-refractivity contribution is 7.89. The third-order valence-corrected chi connectivity index (χ3v) is 9.20. The fraction of sp³-hybridized carbons (Fsp3) is 0.478. The number of nitrogens with zero attached hydrogens (tertiary/aromatic N) is 2. The Kier molecular flexibility index (Phi) is 6.75. The number of nitrogens with one attached hydrogen (secondary N) is 1. The summed E-state index contributed by atoms with van der Waals surface area (Å²) in [6.07, 6.45) is 7.97. The van der Waals surface area contributed by atoms with E-state index in [1.54, 1.807) is 29.5 Å². The van der Waals surface area contributed by atoms with Crippen molar-refractivity contribution in [3.8, 4) is 6.07 Å². The summed E-state index contributed by atoms with van der Waals surface area (Å²) in [5, 5.41) is 13.5. The van der Waals surface area contributed by atoms with Gasteiger partial charge in [0.2, 0.25) is 10.0 Å². The van der Waals surface area contributed by atoms with Gasteiger partial charge in [0, 0.05) is 23.5 Å². The van der Waals surface area contributed by atoms with Crippen molar-refractivity contribution >= 4 is 32.1 Å². The molecule has 1 fully saturated rings. The molecule has 4 rings (SSSR count). The zero-order chi connectivity index (χ0) is 21.8. The van der Waals surface area contributed by atoms with Gasteiger partial charge in [-0.1, -0.05) is 25.0 Å². The van der Waals surface area contributed by atoms with E-state index in [2.05, 4.69) is 11.4 Å². The lowest BCUT2D eigenvalue weighted by molar-refractivity contribution is 0.101. The van der Waals surface area contributed by atoms with Crippen molar-refractivity contribution in [2.45, 2.75) is 56.3 Å². The van der Waals surface area contributed by atoms with Gasteiger partial charge >= 0.3 is 0 Å². The molecule has 31 heavy (non-hydrogen) atoms. The van der Waals surface area contributed by atoms with E-state index in [9.17, 15) is 18.5 Å². The number of rotatable bonds is 6. The molecule has 1 aromatic carbocycles.